The van der Waals surface area contributed by atoms with Crippen LogP contribution in [0.1, 0.15) is 33.5 Å². The standard InChI is InChI=1S/C33H33ClF3NO7/c1-42-27-19-22(7-12-28(40)38-25(20-39)17-21-5-3-2-4-6-21)18-26-29(32(41)44-16-15-43-14-13-34)30(45-31(26)27)23-8-10-24(11-9-23)33(35,36)37/h2-6,8-11,18-19,25,39H,7,12-17,20H2,1H3,(H,38,40)/t25-/m0/s1. The monoisotopic (exact) mass is 647 g/mol. The molecule has 240 valence electrons. The van der Waals surface area contributed by atoms with Gasteiger partial charge in [0.05, 0.1) is 38.5 Å². The molecule has 0 unspecified atom stereocenters. The molecular weight excluding hydrogens is 615 g/mol. The molecule has 4 aromatic rings. The molecule has 2 N–H and O–H groups in total. The molecule has 0 fully saturated rings. The Morgan fingerprint density at radius 3 is 2.38 bits per heavy atom. The van der Waals surface area contributed by atoms with Gasteiger partial charge in [-0.3, -0.25) is 4.79 Å². The van der Waals surface area contributed by atoms with Crippen LogP contribution in [0.3, 0.4) is 0 Å². The molecule has 0 saturated heterocycles. The highest BCUT2D eigenvalue weighted by Crippen LogP contribution is 2.40. The zero-order valence-electron chi connectivity index (χ0n) is 24.5. The summed E-state index contributed by atoms with van der Waals surface area (Å²) < 4.78 is 61.9. The number of furan rings is 1. The first kappa shape index (κ1) is 33.8. The van der Waals surface area contributed by atoms with E-state index in [0.717, 1.165) is 17.7 Å². The summed E-state index contributed by atoms with van der Waals surface area (Å²) in [6, 6.07) is 16.6. The summed E-state index contributed by atoms with van der Waals surface area (Å²) in [6.07, 6.45) is -3.75. The van der Waals surface area contributed by atoms with Crippen molar-refractivity contribution in [1.82, 2.24) is 5.32 Å². The molecule has 1 atom stereocenters. The predicted molar refractivity (Wildman–Crippen MR) is 163 cm³/mol. The van der Waals surface area contributed by atoms with E-state index in [0.29, 0.717) is 17.4 Å². The van der Waals surface area contributed by atoms with E-state index < -0.39 is 23.8 Å². The van der Waals surface area contributed by atoms with E-state index in [-0.39, 0.29) is 79.3 Å². The number of nitrogens with one attached hydrogen (secondary N) is 1. The van der Waals surface area contributed by atoms with Crippen LogP contribution in [0, 0.1) is 0 Å². The molecule has 0 saturated carbocycles. The normalized spacial score (nSPS) is 12.2. The molecule has 3 aromatic carbocycles. The number of methoxy groups -OCH3 is 1. The van der Waals surface area contributed by atoms with E-state index >= 15 is 0 Å². The van der Waals surface area contributed by atoms with E-state index in [1.807, 2.05) is 30.3 Å². The van der Waals surface area contributed by atoms with E-state index in [9.17, 15) is 27.9 Å². The van der Waals surface area contributed by atoms with Gasteiger partial charge in [0, 0.05) is 23.3 Å². The molecule has 0 bridgehead atoms. The highest BCUT2D eigenvalue weighted by molar-refractivity contribution is 6.18. The first-order chi connectivity index (χ1) is 21.6. The van der Waals surface area contributed by atoms with E-state index in [1.54, 1.807) is 12.1 Å². The lowest BCUT2D eigenvalue weighted by atomic mass is 10.0. The molecule has 8 nitrogen and oxygen atoms in total. The SMILES string of the molecule is COc1cc(CCC(=O)N[C@H](CO)Cc2ccccc2)cc2c(C(=O)OCCOCCCl)c(-c3ccc(C(F)(F)F)cc3)oc12. The van der Waals surface area contributed by atoms with Crippen molar-refractivity contribution < 1.29 is 46.5 Å². The Morgan fingerprint density at radius 2 is 1.73 bits per heavy atom. The first-order valence-corrected chi connectivity index (χ1v) is 14.7. The zero-order chi connectivity index (χ0) is 32.4. The number of ether oxygens (including phenoxy) is 3. The molecule has 4 rings (SSSR count). The Bertz CT molecular complexity index is 1570. The van der Waals surface area contributed by atoms with Gasteiger partial charge in [-0.1, -0.05) is 42.5 Å². The molecular formula is C33H33ClF3NO7. The minimum absolute atomic E-state index is 0.00471. The second-order valence-electron chi connectivity index (χ2n) is 10.1. The first-order valence-electron chi connectivity index (χ1n) is 14.2. The Balaban J connectivity index is 1.61. The summed E-state index contributed by atoms with van der Waals surface area (Å²) in [7, 11) is 1.41. The molecule has 0 aliphatic rings. The smallest absolute Gasteiger partial charge is 0.416 e. The van der Waals surface area contributed by atoms with Gasteiger partial charge in [0.2, 0.25) is 5.91 Å². The number of esters is 1. The number of alkyl halides is 4. The number of benzene rings is 3. The van der Waals surface area contributed by atoms with E-state index in [4.69, 9.17) is 30.2 Å². The van der Waals surface area contributed by atoms with Gasteiger partial charge in [-0.25, -0.2) is 4.79 Å². The Hall–Kier alpha value is -4.06. The van der Waals surface area contributed by atoms with Gasteiger partial charge in [0.1, 0.15) is 17.9 Å². The van der Waals surface area contributed by atoms with Crippen molar-refractivity contribution in [2.24, 2.45) is 0 Å². The van der Waals surface area contributed by atoms with Crippen LogP contribution < -0.4 is 10.1 Å². The number of aryl methyl sites for hydroxylation is 1. The molecule has 0 aliphatic carbocycles. The Kier molecular flexibility index (Phi) is 11.9. The van der Waals surface area contributed by atoms with Gasteiger partial charge in [-0.2, -0.15) is 13.2 Å². The lowest BCUT2D eigenvalue weighted by Gasteiger charge is -2.16. The highest BCUT2D eigenvalue weighted by Gasteiger charge is 2.31. The lowest BCUT2D eigenvalue weighted by molar-refractivity contribution is -0.137. The van der Waals surface area contributed by atoms with Crippen molar-refractivity contribution in [3.05, 3.63) is 89.0 Å². The average molecular weight is 648 g/mol. The van der Waals surface area contributed by atoms with Crippen LogP contribution in [0.15, 0.2) is 71.1 Å². The predicted octanol–water partition coefficient (Wildman–Crippen LogP) is 6.19. The Labute approximate surface area is 263 Å². The summed E-state index contributed by atoms with van der Waals surface area (Å²) in [5.74, 6) is -0.518. The minimum atomic E-state index is -4.54. The van der Waals surface area contributed by atoms with Gasteiger partial charge in [-0.15, -0.1) is 11.6 Å². The summed E-state index contributed by atoms with van der Waals surface area (Å²) in [4.78, 5) is 26.2. The highest BCUT2D eigenvalue weighted by atomic mass is 35.5. The van der Waals surface area contributed by atoms with Crippen LogP contribution in [0.25, 0.3) is 22.3 Å². The van der Waals surface area contributed by atoms with Gasteiger partial charge >= 0.3 is 12.1 Å². The number of hydrogen-bond acceptors (Lipinski definition) is 7. The summed E-state index contributed by atoms with van der Waals surface area (Å²) in [6.45, 7) is 0.0298. The van der Waals surface area contributed by atoms with Crippen LogP contribution in [-0.4, -0.2) is 62.4 Å². The van der Waals surface area contributed by atoms with Crippen LogP contribution >= 0.6 is 11.6 Å². The quantitative estimate of drug-likeness (QED) is 0.0900. The van der Waals surface area contributed by atoms with E-state index in [1.165, 1.54) is 19.2 Å². The maximum absolute atomic E-state index is 13.4. The fraction of sp³-hybridized carbons (Fsp3) is 0.333. The van der Waals surface area contributed by atoms with Gasteiger partial charge < -0.3 is 29.1 Å². The fourth-order valence-electron chi connectivity index (χ4n) is 4.78. The Morgan fingerprint density at radius 1 is 1.00 bits per heavy atom. The molecule has 0 radical (unpaired) electrons. The van der Waals surface area contributed by atoms with Crippen molar-refractivity contribution in [3.63, 3.8) is 0 Å². The number of aliphatic hydroxyl groups is 1. The third kappa shape index (κ3) is 9.00. The van der Waals surface area contributed by atoms with E-state index in [2.05, 4.69) is 5.32 Å². The van der Waals surface area contributed by atoms with Gasteiger partial charge in [0.15, 0.2) is 11.3 Å². The number of fused-ring (bicyclic) bond motifs is 1. The second kappa shape index (κ2) is 15.8. The lowest BCUT2D eigenvalue weighted by Crippen LogP contribution is -2.39. The van der Waals surface area contributed by atoms with Crippen LogP contribution in [0.2, 0.25) is 0 Å². The van der Waals surface area contributed by atoms with Crippen molar-refractivity contribution in [2.45, 2.75) is 31.5 Å². The zero-order valence-corrected chi connectivity index (χ0v) is 25.2. The summed E-state index contributed by atoms with van der Waals surface area (Å²) >= 11 is 5.61. The van der Waals surface area contributed by atoms with Crippen LogP contribution in [0.5, 0.6) is 5.75 Å². The molecule has 45 heavy (non-hydrogen) atoms. The minimum Gasteiger partial charge on any atom is -0.493 e. The van der Waals surface area contributed by atoms with Crippen molar-refractivity contribution >= 4 is 34.4 Å². The van der Waals surface area contributed by atoms with Gasteiger partial charge in [0.25, 0.3) is 0 Å². The number of halogens is 4. The third-order valence-electron chi connectivity index (χ3n) is 6.95. The summed E-state index contributed by atoms with van der Waals surface area (Å²) in [5.41, 5.74) is 1.16. The molecule has 12 heteroatoms. The maximum Gasteiger partial charge on any atom is 0.416 e. The van der Waals surface area contributed by atoms with Crippen molar-refractivity contribution in [2.75, 3.05) is 39.4 Å². The number of carbonyl (C=O) groups excluding carboxylic acids is 2. The number of carbonyl (C=O) groups is 2. The van der Waals surface area contributed by atoms with Crippen LogP contribution in [-0.2, 0) is 33.3 Å². The molecule has 1 amide bonds. The molecule has 0 spiro atoms. The fourth-order valence-corrected chi connectivity index (χ4v) is 4.89. The number of amides is 1. The maximum atomic E-state index is 13.4. The molecule has 0 aliphatic heterocycles. The number of hydrogen-bond donors (Lipinski definition) is 2. The second-order valence-corrected chi connectivity index (χ2v) is 10.5. The summed E-state index contributed by atoms with van der Waals surface area (Å²) in [5, 5.41) is 12.9. The third-order valence-corrected chi connectivity index (χ3v) is 7.10. The topological polar surface area (TPSA) is 107 Å². The van der Waals surface area contributed by atoms with Crippen LogP contribution in [0.4, 0.5) is 13.2 Å². The number of rotatable bonds is 15. The van der Waals surface area contributed by atoms with Crippen molar-refractivity contribution in [1.29, 1.82) is 0 Å². The molecule has 1 aromatic heterocycles. The van der Waals surface area contributed by atoms with Crippen molar-refractivity contribution in [3.8, 4) is 17.1 Å². The average Bonchev–Trinajstić information content (AvgIpc) is 3.42. The largest absolute Gasteiger partial charge is 0.493 e. The van der Waals surface area contributed by atoms with Gasteiger partial charge in [-0.05, 0) is 48.2 Å². The number of aliphatic hydroxyl groups excluding tert-OH is 1. The molecule has 1 heterocycles.